The largest absolute Gasteiger partial charge is 0.387 e. The molecule has 144 valence electrons. The monoisotopic (exact) mass is 366 g/mol. The summed E-state index contributed by atoms with van der Waals surface area (Å²) < 4.78 is 0. The van der Waals surface area contributed by atoms with E-state index in [1.807, 2.05) is 30.6 Å². The van der Waals surface area contributed by atoms with E-state index in [-0.39, 0.29) is 0 Å². The fourth-order valence-corrected chi connectivity index (χ4v) is 4.50. The minimum absolute atomic E-state index is 0.293. The second kappa shape index (κ2) is 8.89. The minimum atomic E-state index is -0.452. The van der Waals surface area contributed by atoms with Crippen LogP contribution in [0.2, 0.25) is 0 Å². The van der Waals surface area contributed by atoms with E-state index in [1.165, 1.54) is 37.7 Å². The van der Waals surface area contributed by atoms with Crippen LogP contribution in [0.4, 0.5) is 0 Å². The third-order valence-electron chi connectivity index (χ3n) is 6.17. The van der Waals surface area contributed by atoms with Gasteiger partial charge in [0, 0.05) is 36.6 Å². The molecule has 1 N–H and O–H groups in total. The molecule has 2 aromatic heterocycles. The van der Waals surface area contributed by atoms with Crippen molar-refractivity contribution in [3.05, 3.63) is 53.9 Å². The van der Waals surface area contributed by atoms with Gasteiger partial charge in [-0.25, -0.2) is 9.97 Å². The molecular weight excluding hydrogens is 336 g/mol. The number of piperidine rings is 1. The van der Waals surface area contributed by atoms with E-state index in [0.717, 1.165) is 44.0 Å². The Morgan fingerprint density at radius 3 is 2.37 bits per heavy atom. The van der Waals surface area contributed by atoms with E-state index in [9.17, 15) is 5.11 Å². The summed E-state index contributed by atoms with van der Waals surface area (Å²) in [6.45, 7) is 2.90. The topological polar surface area (TPSA) is 62.1 Å². The van der Waals surface area contributed by atoms with E-state index in [0.29, 0.717) is 11.8 Å². The second-order valence-electron chi connectivity index (χ2n) is 8.10. The van der Waals surface area contributed by atoms with Crippen molar-refractivity contribution < 1.29 is 5.11 Å². The van der Waals surface area contributed by atoms with Crippen LogP contribution >= 0.6 is 0 Å². The smallest absolute Gasteiger partial charge is 0.131 e. The van der Waals surface area contributed by atoms with Gasteiger partial charge in [-0.2, -0.15) is 0 Å². The lowest BCUT2D eigenvalue weighted by molar-refractivity contribution is 0.0539. The van der Waals surface area contributed by atoms with E-state index in [4.69, 9.17) is 0 Å². The molecule has 0 radical (unpaired) electrons. The van der Waals surface area contributed by atoms with E-state index in [1.54, 1.807) is 6.20 Å². The Labute approximate surface area is 161 Å². The Balaban J connectivity index is 1.27. The zero-order valence-corrected chi connectivity index (χ0v) is 16.0. The summed E-state index contributed by atoms with van der Waals surface area (Å²) in [5, 5.41) is 10.6. The number of aliphatic hydroxyl groups excluding tert-OH is 1. The molecule has 1 unspecified atom stereocenters. The maximum atomic E-state index is 10.6. The highest BCUT2D eigenvalue weighted by atomic mass is 16.3. The zero-order chi connectivity index (χ0) is 18.5. The molecule has 1 aliphatic heterocycles. The van der Waals surface area contributed by atoms with E-state index in [2.05, 4.69) is 19.9 Å². The zero-order valence-electron chi connectivity index (χ0n) is 16.0. The molecule has 3 heterocycles. The molecule has 0 bridgehead atoms. The molecule has 1 atom stereocenters. The van der Waals surface area contributed by atoms with Gasteiger partial charge >= 0.3 is 0 Å². The summed E-state index contributed by atoms with van der Waals surface area (Å²) in [7, 11) is 0. The molecule has 0 spiro atoms. The van der Waals surface area contributed by atoms with Gasteiger partial charge in [0.2, 0.25) is 0 Å². The standard InChI is InChI=1S/C22H30N4O/c27-21(20-8-4-5-11-23-20)18-9-12-26(13-10-18)16-17-14-24-22(25-15-17)19-6-2-1-3-7-19/h4-5,8,11,14-15,18-19,21,27H,1-3,6-7,9-10,12-13,16H2. The normalized spacial score (nSPS) is 21.2. The first-order chi connectivity index (χ1) is 13.3. The average molecular weight is 367 g/mol. The molecule has 0 aromatic carbocycles. The van der Waals surface area contributed by atoms with Gasteiger partial charge in [-0.05, 0) is 56.8 Å². The summed E-state index contributed by atoms with van der Waals surface area (Å²) in [5.41, 5.74) is 1.99. The Hall–Kier alpha value is -1.85. The molecular formula is C22H30N4O. The Kier molecular flexibility index (Phi) is 6.10. The first-order valence-electron chi connectivity index (χ1n) is 10.4. The number of hydrogen-bond donors (Lipinski definition) is 1. The predicted molar refractivity (Wildman–Crippen MR) is 105 cm³/mol. The van der Waals surface area contributed by atoms with Crippen molar-refractivity contribution in [1.82, 2.24) is 19.9 Å². The maximum Gasteiger partial charge on any atom is 0.131 e. The van der Waals surface area contributed by atoms with E-state index < -0.39 is 6.10 Å². The van der Waals surface area contributed by atoms with Gasteiger partial charge < -0.3 is 5.11 Å². The van der Waals surface area contributed by atoms with Crippen molar-refractivity contribution in [2.75, 3.05) is 13.1 Å². The molecule has 5 heteroatoms. The molecule has 27 heavy (non-hydrogen) atoms. The van der Waals surface area contributed by atoms with Crippen molar-refractivity contribution in [3.63, 3.8) is 0 Å². The number of aliphatic hydroxyl groups is 1. The molecule has 1 saturated heterocycles. The van der Waals surface area contributed by atoms with Crippen LogP contribution in [-0.2, 0) is 6.54 Å². The lowest BCUT2D eigenvalue weighted by atomic mass is 9.88. The number of pyridine rings is 1. The highest BCUT2D eigenvalue weighted by Gasteiger charge is 2.27. The van der Waals surface area contributed by atoms with Crippen LogP contribution in [0.15, 0.2) is 36.8 Å². The lowest BCUT2D eigenvalue weighted by Gasteiger charge is -2.34. The Bertz CT molecular complexity index is 692. The summed E-state index contributed by atoms with van der Waals surface area (Å²) in [6.07, 6.45) is 13.8. The quantitative estimate of drug-likeness (QED) is 0.870. The molecule has 2 aromatic rings. The maximum absolute atomic E-state index is 10.6. The first kappa shape index (κ1) is 18.5. The van der Waals surface area contributed by atoms with Crippen molar-refractivity contribution in [1.29, 1.82) is 0 Å². The highest BCUT2D eigenvalue weighted by molar-refractivity contribution is 5.10. The van der Waals surface area contributed by atoms with Gasteiger partial charge in [-0.1, -0.05) is 25.3 Å². The van der Waals surface area contributed by atoms with Gasteiger partial charge in [0.1, 0.15) is 5.82 Å². The lowest BCUT2D eigenvalue weighted by Crippen LogP contribution is -2.35. The Morgan fingerprint density at radius 2 is 1.70 bits per heavy atom. The van der Waals surface area contributed by atoms with Crippen molar-refractivity contribution in [2.24, 2.45) is 5.92 Å². The second-order valence-corrected chi connectivity index (χ2v) is 8.10. The fourth-order valence-electron chi connectivity index (χ4n) is 4.50. The molecule has 1 aliphatic carbocycles. The van der Waals surface area contributed by atoms with Crippen molar-refractivity contribution in [2.45, 2.75) is 63.5 Å². The number of rotatable bonds is 5. The molecule has 2 fully saturated rings. The molecule has 4 rings (SSSR count). The molecule has 2 aliphatic rings. The predicted octanol–water partition coefficient (Wildman–Crippen LogP) is 3.86. The highest BCUT2D eigenvalue weighted by Crippen LogP contribution is 2.31. The molecule has 0 amide bonds. The van der Waals surface area contributed by atoms with E-state index >= 15 is 0 Å². The molecule has 1 saturated carbocycles. The Morgan fingerprint density at radius 1 is 0.963 bits per heavy atom. The van der Waals surface area contributed by atoms with Crippen LogP contribution in [-0.4, -0.2) is 38.0 Å². The number of aromatic nitrogens is 3. The molecule has 5 nitrogen and oxygen atoms in total. The first-order valence-corrected chi connectivity index (χ1v) is 10.4. The van der Waals surface area contributed by atoms with Gasteiger partial charge in [0.15, 0.2) is 0 Å². The van der Waals surface area contributed by atoms with Crippen molar-refractivity contribution in [3.8, 4) is 0 Å². The number of hydrogen-bond acceptors (Lipinski definition) is 5. The third kappa shape index (κ3) is 4.71. The fraction of sp³-hybridized carbons (Fsp3) is 0.591. The SMILES string of the molecule is OC(c1ccccn1)C1CCN(Cc2cnc(C3CCCCC3)nc2)CC1. The van der Waals surface area contributed by atoms with Gasteiger partial charge in [0.05, 0.1) is 11.8 Å². The minimum Gasteiger partial charge on any atom is -0.387 e. The van der Waals surface area contributed by atoms with Crippen LogP contribution < -0.4 is 0 Å². The van der Waals surface area contributed by atoms with Crippen LogP contribution in [0.3, 0.4) is 0 Å². The van der Waals surface area contributed by atoms with Gasteiger partial charge in [0.25, 0.3) is 0 Å². The van der Waals surface area contributed by atoms with Crippen molar-refractivity contribution >= 4 is 0 Å². The number of likely N-dealkylation sites (tertiary alicyclic amines) is 1. The van der Waals surface area contributed by atoms with Crippen LogP contribution in [0.25, 0.3) is 0 Å². The summed E-state index contributed by atoms with van der Waals surface area (Å²) in [6, 6.07) is 5.75. The van der Waals surface area contributed by atoms with Gasteiger partial charge in [-0.3, -0.25) is 9.88 Å². The van der Waals surface area contributed by atoms with Gasteiger partial charge in [-0.15, -0.1) is 0 Å². The summed E-state index contributed by atoms with van der Waals surface area (Å²) in [5.74, 6) is 1.90. The summed E-state index contributed by atoms with van der Waals surface area (Å²) >= 11 is 0. The summed E-state index contributed by atoms with van der Waals surface area (Å²) in [4.78, 5) is 16.1. The van der Waals surface area contributed by atoms with Crippen LogP contribution in [0.5, 0.6) is 0 Å². The van der Waals surface area contributed by atoms with Crippen LogP contribution in [0, 0.1) is 5.92 Å². The average Bonchev–Trinajstić information content (AvgIpc) is 2.76. The van der Waals surface area contributed by atoms with Crippen LogP contribution in [0.1, 0.15) is 74.0 Å². The third-order valence-corrected chi connectivity index (χ3v) is 6.17. The number of nitrogens with zero attached hydrogens (tertiary/aromatic N) is 4.